The van der Waals surface area contributed by atoms with Crippen molar-refractivity contribution < 1.29 is 9.53 Å². The van der Waals surface area contributed by atoms with E-state index in [4.69, 9.17) is 16.3 Å². The van der Waals surface area contributed by atoms with Crippen LogP contribution in [0.3, 0.4) is 0 Å². The molecule has 2 aromatic rings. The summed E-state index contributed by atoms with van der Waals surface area (Å²) in [5.41, 5.74) is 1.57. The van der Waals surface area contributed by atoms with Gasteiger partial charge in [0.05, 0.1) is 12.8 Å². The zero-order valence-corrected chi connectivity index (χ0v) is 12.5. The van der Waals surface area contributed by atoms with Gasteiger partial charge in [-0.25, -0.2) is 0 Å². The van der Waals surface area contributed by atoms with Crippen LogP contribution in [0, 0.1) is 0 Å². The van der Waals surface area contributed by atoms with Crippen molar-refractivity contribution in [2.24, 2.45) is 0 Å². The van der Waals surface area contributed by atoms with Gasteiger partial charge in [-0.3, -0.25) is 4.79 Å². The van der Waals surface area contributed by atoms with Crippen molar-refractivity contribution >= 4 is 28.9 Å². The summed E-state index contributed by atoms with van der Waals surface area (Å²) in [4.78, 5) is 11.8. The summed E-state index contributed by atoms with van der Waals surface area (Å²) in [6.45, 7) is 0.495. The lowest BCUT2D eigenvalue weighted by molar-refractivity contribution is -0.115. The predicted molar refractivity (Wildman–Crippen MR) is 86.2 cm³/mol. The third-order valence-electron chi connectivity index (χ3n) is 2.89. The molecule has 110 valence electrons. The molecule has 0 radical (unpaired) electrons. The van der Waals surface area contributed by atoms with Crippen LogP contribution in [0.1, 0.15) is 6.42 Å². The van der Waals surface area contributed by atoms with Gasteiger partial charge in [-0.05, 0) is 30.3 Å². The summed E-state index contributed by atoms with van der Waals surface area (Å²) < 4.78 is 5.23. The number of hydrogen-bond donors (Lipinski definition) is 2. The SMILES string of the molecule is COc1ccc(Cl)cc1NCCC(=O)Nc1ccccc1. The van der Waals surface area contributed by atoms with E-state index in [0.717, 1.165) is 11.4 Å². The van der Waals surface area contributed by atoms with Gasteiger partial charge in [-0.1, -0.05) is 29.8 Å². The van der Waals surface area contributed by atoms with Gasteiger partial charge >= 0.3 is 0 Å². The molecule has 2 N–H and O–H groups in total. The Kier molecular flexibility index (Phi) is 5.46. The molecular weight excluding hydrogens is 288 g/mol. The number of hydrogen-bond acceptors (Lipinski definition) is 3. The molecule has 2 aromatic carbocycles. The van der Waals surface area contributed by atoms with E-state index in [-0.39, 0.29) is 5.91 Å². The standard InChI is InChI=1S/C16H17ClN2O2/c1-21-15-8-7-12(17)11-14(15)18-10-9-16(20)19-13-5-3-2-4-6-13/h2-8,11,18H,9-10H2,1H3,(H,19,20). The third-order valence-corrected chi connectivity index (χ3v) is 3.12. The number of amides is 1. The Bertz CT molecular complexity index is 602. The second kappa shape index (κ2) is 7.55. The number of ether oxygens (including phenoxy) is 1. The van der Waals surface area contributed by atoms with Gasteiger partial charge in [-0.2, -0.15) is 0 Å². The molecule has 0 saturated carbocycles. The Morgan fingerprint density at radius 3 is 2.67 bits per heavy atom. The number of halogens is 1. The number of anilines is 2. The lowest BCUT2D eigenvalue weighted by atomic mass is 10.2. The molecular formula is C16H17ClN2O2. The van der Waals surface area contributed by atoms with E-state index < -0.39 is 0 Å². The number of nitrogens with one attached hydrogen (secondary N) is 2. The Morgan fingerprint density at radius 1 is 1.19 bits per heavy atom. The van der Waals surface area contributed by atoms with Crippen molar-refractivity contribution in [3.63, 3.8) is 0 Å². The molecule has 0 aliphatic rings. The number of carbonyl (C=O) groups excluding carboxylic acids is 1. The average Bonchev–Trinajstić information content (AvgIpc) is 2.48. The first kappa shape index (κ1) is 15.2. The predicted octanol–water partition coefficient (Wildman–Crippen LogP) is 3.79. The van der Waals surface area contributed by atoms with E-state index in [1.807, 2.05) is 30.3 Å². The van der Waals surface area contributed by atoms with Crippen molar-refractivity contribution in [1.82, 2.24) is 0 Å². The number of para-hydroxylation sites is 1. The van der Waals surface area contributed by atoms with E-state index >= 15 is 0 Å². The summed E-state index contributed by atoms with van der Waals surface area (Å²) in [7, 11) is 1.59. The molecule has 0 fully saturated rings. The Balaban J connectivity index is 1.84. The minimum absolute atomic E-state index is 0.0466. The third kappa shape index (κ3) is 4.68. The largest absolute Gasteiger partial charge is 0.495 e. The van der Waals surface area contributed by atoms with Crippen LogP contribution in [0.5, 0.6) is 5.75 Å². The molecule has 4 nitrogen and oxygen atoms in total. The number of methoxy groups -OCH3 is 1. The Labute approximate surface area is 129 Å². The first-order chi connectivity index (χ1) is 10.2. The van der Waals surface area contributed by atoms with Gasteiger partial charge in [0, 0.05) is 23.7 Å². The molecule has 0 aliphatic heterocycles. The topological polar surface area (TPSA) is 50.4 Å². The molecule has 0 atom stereocenters. The molecule has 0 heterocycles. The summed E-state index contributed by atoms with van der Waals surface area (Å²) in [6.07, 6.45) is 0.352. The van der Waals surface area contributed by atoms with Gasteiger partial charge in [-0.15, -0.1) is 0 Å². The fourth-order valence-corrected chi connectivity index (χ4v) is 2.05. The Hall–Kier alpha value is -2.20. The molecule has 0 unspecified atom stereocenters. The minimum atomic E-state index is -0.0466. The quantitative estimate of drug-likeness (QED) is 0.853. The molecule has 0 bridgehead atoms. The van der Waals surface area contributed by atoms with Crippen molar-refractivity contribution in [2.75, 3.05) is 24.3 Å². The molecule has 0 spiro atoms. The van der Waals surface area contributed by atoms with Crippen LogP contribution in [0.2, 0.25) is 5.02 Å². The first-order valence-corrected chi connectivity index (χ1v) is 6.99. The summed E-state index contributed by atoms with van der Waals surface area (Å²) in [6, 6.07) is 14.7. The van der Waals surface area contributed by atoms with Crippen molar-refractivity contribution in [3.05, 3.63) is 53.6 Å². The van der Waals surface area contributed by atoms with Crippen LogP contribution in [-0.4, -0.2) is 19.6 Å². The maximum absolute atomic E-state index is 11.8. The highest BCUT2D eigenvalue weighted by Crippen LogP contribution is 2.27. The second-order valence-corrected chi connectivity index (χ2v) is 4.87. The van der Waals surface area contributed by atoms with Crippen molar-refractivity contribution in [3.8, 4) is 5.75 Å². The van der Waals surface area contributed by atoms with Crippen LogP contribution in [-0.2, 0) is 4.79 Å². The molecule has 5 heteroatoms. The van der Waals surface area contributed by atoms with E-state index in [9.17, 15) is 4.79 Å². The van der Waals surface area contributed by atoms with Crippen LogP contribution in [0.4, 0.5) is 11.4 Å². The average molecular weight is 305 g/mol. The molecule has 21 heavy (non-hydrogen) atoms. The highest BCUT2D eigenvalue weighted by molar-refractivity contribution is 6.30. The van der Waals surface area contributed by atoms with Crippen LogP contribution in [0.25, 0.3) is 0 Å². The fourth-order valence-electron chi connectivity index (χ4n) is 1.87. The zero-order chi connectivity index (χ0) is 15.1. The van der Waals surface area contributed by atoms with Crippen molar-refractivity contribution in [2.45, 2.75) is 6.42 Å². The molecule has 0 aliphatic carbocycles. The lowest BCUT2D eigenvalue weighted by Crippen LogP contribution is -2.16. The van der Waals surface area contributed by atoms with Crippen LogP contribution in [0.15, 0.2) is 48.5 Å². The second-order valence-electron chi connectivity index (χ2n) is 4.44. The normalized spacial score (nSPS) is 10.0. The van der Waals surface area contributed by atoms with Crippen LogP contribution < -0.4 is 15.4 Å². The van der Waals surface area contributed by atoms with Crippen molar-refractivity contribution in [1.29, 1.82) is 0 Å². The highest BCUT2D eigenvalue weighted by Gasteiger charge is 2.05. The lowest BCUT2D eigenvalue weighted by Gasteiger charge is -2.11. The number of carbonyl (C=O) groups is 1. The summed E-state index contributed by atoms with van der Waals surface area (Å²) in [5.74, 6) is 0.651. The van der Waals surface area contributed by atoms with Crippen LogP contribution >= 0.6 is 11.6 Å². The van der Waals surface area contributed by atoms with Gasteiger partial charge in [0.2, 0.25) is 5.91 Å². The molecule has 2 rings (SSSR count). The fraction of sp³-hybridized carbons (Fsp3) is 0.188. The maximum atomic E-state index is 11.8. The summed E-state index contributed by atoms with van der Waals surface area (Å²) >= 11 is 5.95. The molecule has 0 saturated heterocycles. The smallest absolute Gasteiger partial charge is 0.226 e. The maximum Gasteiger partial charge on any atom is 0.226 e. The van der Waals surface area contributed by atoms with Gasteiger partial charge in [0.1, 0.15) is 5.75 Å². The van der Waals surface area contributed by atoms with Gasteiger partial charge in [0.15, 0.2) is 0 Å². The Morgan fingerprint density at radius 2 is 1.95 bits per heavy atom. The van der Waals surface area contributed by atoms with E-state index in [2.05, 4.69) is 10.6 Å². The first-order valence-electron chi connectivity index (χ1n) is 6.61. The monoisotopic (exact) mass is 304 g/mol. The number of benzene rings is 2. The van der Waals surface area contributed by atoms with E-state index in [0.29, 0.717) is 23.7 Å². The zero-order valence-electron chi connectivity index (χ0n) is 11.7. The van der Waals surface area contributed by atoms with Gasteiger partial charge in [0.25, 0.3) is 0 Å². The molecule has 0 aromatic heterocycles. The van der Waals surface area contributed by atoms with E-state index in [1.165, 1.54) is 0 Å². The summed E-state index contributed by atoms with van der Waals surface area (Å²) in [5, 5.41) is 6.60. The molecule has 1 amide bonds. The van der Waals surface area contributed by atoms with E-state index in [1.54, 1.807) is 25.3 Å². The number of rotatable bonds is 6. The van der Waals surface area contributed by atoms with Gasteiger partial charge < -0.3 is 15.4 Å². The minimum Gasteiger partial charge on any atom is -0.495 e. The highest BCUT2D eigenvalue weighted by atomic mass is 35.5.